The summed E-state index contributed by atoms with van der Waals surface area (Å²) in [4.78, 5) is 11.7. The topological polar surface area (TPSA) is 48.0 Å². The molecule has 14 heavy (non-hydrogen) atoms. The molecule has 0 aliphatic rings. The van der Waals surface area contributed by atoms with Crippen molar-refractivity contribution in [1.29, 1.82) is 0 Å². The van der Waals surface area contributed by atoms with Gasteiger partial charge in [0, 0.05) is 29.7 Å². The Labute approximate surface area is 81.8 Å². The van der Waals surface area contributed by atoms with Crippen LogP contribution >= 0.6 is 0 Å². The predicted octanol–water partition coefficient (Wildman–Crippen LogP) is 1.43. The molecule has 0 saturated carbocycles. The molecule has 0 radical (unpaired) electrons. The van der Waals surface area contributed by atoms with Crippen LogP contribution in [0.1, 0.15) is 5.56 Å². The number of anilines is 1. The lowest BCUT2D eigenvalue weighted by atomic mass is 10.1. The number of benzene rings is 1. The molecule has 72 valence electrons. The van der Waals surface area contributed by atoms with Crippen LogP contribution in [0, 0.1) is 6.92 Å². The van der Waals surface area contributed by atoms with Crippen molar-refractivity contribution in [2.75, 3.05) is 5.73 Å². The Hall–Kier alpha value is -1.77. The minimum Gasteiger partial charge on any atom is -0.398 e. The van der Waals surface area contributed by atoms with E-state index in [9.17, 15) is 4.79 Å². The van der Waals surface area contributed by atoms with Crippen molar-refractivity contribution in [2.45, 2.75) is 6.92 Å². The number of hydrogen-bond acceptors (Lipinski definition) is 2. The Morgan fingerprint density at radius 2 is 1.93 bits per heavy atom. The minimum atomic E-state index is -0.00537. The van der Waals surface area contributed by atoms with Crippen molar-refractivity contribution < 1.29 is 0 Å². The van der Waals surface area contributed by atoms with Crippen LogP contribution in [-0.2, 0) is 7.05 Å². The van der Waals surface area contributed by atoms with Crippen LogP contribution in [0.25, 0.3) is 10.8 Å². The molecular weight excluding hydrogens is 176 g/mol. The largest absolute Gasteiger partial charge is 0.398 e. The van der Waals surface area contributed by atoms with Gasteiger partial charge in [0.15, 0.2) is 0 Å². The maximum absolute atomic E-state index is 11.7. The van der Waals surface area contributed by atoms with Crippen LogP contribution in [0.5, 0.6) is 0 Å². The summed E-state index contributed by atoms with van der Waals surface area (Å²) in [5.41, 5.74) is 7.58. The first kappa shape index (κ1) is 8.81. The SMILES string of the molecule is Cc1ccc2c(=O)n(C)ccc2c1N. The molecule has 0 spiro atoms. The number of aromatic nitrogens is 1. The summed E-state index contributed by atoms with van der Waals surface area (Å²) in [5.74, 6) is 0. The number of fused-ring (bicyclic) bond motifs is 1. The predicted molar refractivity (Wildman–Crippen MR) is 58.3 cm³/mol. The van der Waals surface area contributed by atoms with Gasteiger partial charge in [-0.2, -0.15) is 0 Å². The van der Waals surface area contributed by atoms with Crippen molar-refractivity contribution in [2.24, 2.45) is 7.05 Å². The quantitative estimate of drug-likeness (QED) is 0.636. The molecule has 1 aromatic heterocycles. The molecule has 0 saturated heterocycles. The Balaban J connectivity index is 3.02. The molecule has 2 N–H and O–H groups in total. The first-order valence-electron chi connectivity index (χ1n) is 4.45. The van der Waals surface area contributed by atoms with Gasteiger partial charge in [0.05, 0.1) is 0 Å². The van der Waals surface area contributed by atoms with Crippen LogP contribution in [0.2, 0.25) is 0 Å². The summed E-state index contributed by atoms with van der Waals surface area (Å²) < 4.78 is 1.55. The van der Waals surface area contributed by atoms with E-state index < -0.39 is 0 Å². The van der Waals surface area contributed by atoms with E-state index >= 15 is 0 Å². The molecular formula is C11H12N2O. The van der Waals surface area contributed by atoms with Crippen molar-refractivity contribution in [1.82, 2.24) is 4.57 Å². The van der Waals surface area contributed by atoms with Gasteiger partial charge in [-0.25, -0.2) is 0 Å². The van der Waals surface area contributed by atoms with Crippen LogP contribution < -0.4 is 11.3 Å². The minimum absolute atomic E-state index is 0.00537. The Bertz CT molecular complexity index is 555. The second-order valence-electron chi connectivity index (χ2n) is 3.49. The zero-order valence-electron chi connectivity index (χ0n) is 8.24. The monoisotopic (exact) mass is 188 g/mol. The summed E-state index contributed by atoms with van der Waals surface area (Å²) in [6.07, 6.45) is 1.74. The molecule has 0 bridgehead atoms. The molecule has 2 aromatic rings. The first-order valence-corrected chi connectivity index (χ1v) is 4.45. The van der Waals surface area contributed by atoms with Crippen LogP contribution in [0.15, 0.2) is 29.2 Å². The van der Waals surface area contributed by atoms with E-state index in [4.69, 9.17) is 5.73 Å². The molecule has 0 aliphatic heterocycles. The summed E-state index contributed by atoms with van der Waals surface area (Å²) in [6, 6.07) is 5.57. The lowest BCUT2D eigenvalue weighted by Gasteiger charge is -2.06. The van der Waals surface area contributed by atoms with Crippen LogP contribution in [0.3, 0.4) is 0 Å². The standard InChI is InChI=1S/C11H12N2O/c1-7-3-4-9-8(10(7)12)5-6-13(2)11(9)14/h3-6H,12H2,1-2H3. The van der Waals surface area contributed by atoms with E-state index in [-0.39, 0.29) is 5.56 Å². The molecule has 0 fully saturated rings. The maximum Gasteiger partial charge on any atom is 0.258 e. The zero-order valence-corrected chi connectivity index (χ0v) is 8.24. The molecule has 0 unspecified atom stereocenters. The van der Waals surface area contributed by atoms with Gasteiger partial charge < -0.3 is 10.3 Å². The first-order chi connectivity index (χ1) is 6.61. The van der Waals surface area contributed by atoms with E-state index in [1.165, 1.54) is 0 Å². The Morgan fingerprint density at radius 3 is 2.64 bits per heavy atom. The second kappa shape index (κ2) is 2.87. The smallest absolute Gasteiger partial charge is 0.258 e. The van der Waals surface area contributed by atoms with Crippen molar-refractivity contribution >= 4 is 16.5 Å². The summed E-state index contributed by atoms with van der Waals surface area (Å²) in [7, 11) is 1.73. The number of aryl methyl sites for hydroxylation is 2. The lowest BCUT2D eigenvalue weighted by Crippen LogP contribution is -2.15. The van der Waals surface area contributed by atoms with Gasteiger partial charge in [0.1, 0.15) is 0 Å². The molecule has 3 heteroatoms. The summed E-state index contributed by atoms with van der Waals surface area (Å²) in [5, 5.41) is 1.52. The van der Waals surface area contributed by atoms with Gasteiger partial charge in [-0.05, 0) is 24.6 Å². The molecule has 0 aliphatic carbocycles. The average molecular weight is 188 g/mol. The highest BCUT2D eigenvalue weighted by molar-refractivity contribution is 5.93. The maximum atomic E-state index is 11.7. The van der Waals surface area contributed by atoms with Crippen LogP contribution in [0.4, 0.5) is 5.69 Å². The van der Waals surface area contributed by atoms with Crippen molar-refractivity contribution in [3.05, 3.63) is 40.3 Å². The van der Waals surface area contributed by atoms with E-state index in [1.54, 1.807) is 17.8 Å². The fourth-order valence-electron chi connectivity index (χ4n) is 1.56. The van der Waals surface area contributed by atoms with Gasteiger partial charge in [0.2, 0.25) is 0 Å². The van der Waals surface area contributed by atoms with Crippen LogP contribution in [-0.4, -0.2) is 4.57 Å². The normalized spacial score (nSPS) is 10.7. The number of pyridine rings is 1. The third-order valence-corrected chi connectivity index (χ3v) is 2.52. The third-order valence-electron chi connectivity index (χ3n) is 2.52. The fraction of sp³-hybridized carbons (Fsp3) is 0.182. The van der Waals surface area contributed by atoms with Gasteiger partial charge >= 0.3 is 0 Å². The Kier molecular flexibility index (Phi) is 1.81. The fourth-order valence-corrected chi connectivity index (χ4v) is 1.56. The second-order valence-corrected chi connectivity index (χ2v) is 3.49. The highest BCUT2D eigenvalue weighted by atomic mass is 16.1. The number of nitrogens with two attached hydrogens (primary N) is 1. The van der Waals surface area contributed by atoms with Gasteiger partial charge in [-0.3, -0.25) is 4.79 Å². The van der Waals surface area contributed by atoms with Gasteiger partial charge in [0.25, 0.3) is 5.56 Å². The van der Waals surface area contributed by atoms with E-state index in [0.29, 0.717) is 11.1 Å². The molecule has 2 rings (SSSR count). The van der Waals surface area contributed by atoms with Crippen molar-refractivity contribution in [3.8, 4) is 0 Å². The lowest BCUT2D eigenvalue weighted by molar-refractivity contribution is 0.873. The van der Waals surface area contributed by atoms with E-state index in [2.05, 4.69) is 0 Å². The van der Waals surface area contributed by atoms with Gasteiger partial charge in [-0.1, -0.05) is 6.07 Å². The number of nitrogens with zero attached hydrogens (tertiary/aromatic N) is 1. The number of nitrogen functional groups attached to an aromatic ring is 1. The zero-order chi connectivity index (χ0) is 10.3. The van der Waals surface area contributed by atoms with E-state index in [1.807, 2.05) is 25.1 Å². The third kappa shape index (κ3) is 1.09. The molecule has 0 amide bonds. The van der Waals surface area contributed by atoms with Crippen molar-refractivity contribution in [3.63, 3.8) is 0 Å². The summed E-state index contributed by atoms with van der Waals surface area (Å²) >= 11 is 0. The molecule has 1 heterocycles. The molecule has 1 aromatic carbocycles. The summed E-state index contributed by atoms with van der Waals surface area (Å²) in [6.45, 7) is 1.94. The van der Waals surface area contributed by atoms with E-state index in [0.717, 1.165) is 10.9 Å². The highest BCUT2D eigenvalue weighted by Crippen LogP contribution is 2.21. The average Bonchev–Trinajstić information content (AvgIpc) is 2.17. The highest BCUT2D eigenvalue weighted by Gasteiger charge is 2.04. The molecule has 3 nitrogen and oxygen atoms in total. The molecule has 0 atom stereocenters. The Morgan fingerprint density at radius 1 is 1.21 bits per heavy atom. The van der Waals surface area contributed by atoms with Gasteiger partial charge in [-0.15, -0.1) is 0 Å². The number of hydrogen-bond donors (Lipinski definition) is 1. The number of rotatable bonds is 0.